The standard InChI is InChI=1S/C3H6O3.C3H8O2/c1-6-2-3(4)5;1-3(5)2-4/h2H2,1H3,(H,4,5);3-5H,2H2,1H3. The fraction of sp³-hybridized carbons (Fsp3) is 0.833. The number of rotatable bonds is 3. The van der Waals surface area contributed by atoms with Gasteiger partial charge in [-0.05, 0) is 6.92 Å². The summed E-state index contributed by atoms with van der Waals surface area (Å²) in [7, 11) is 1.34. The lowest BCUT2D eigenvalue weighted by molar-refractivity contribution is -0.141. The summed E-state index contributed by atoms with van der Waals surface area (Å²) >= 11 is 0. The molecule has 5 nitrogen and oxygen atoms in total. The van der Waals surface area contributed by atoms with Crippen molar-refractivity contribution >= 4 is 5.97 Å². The lowest BCUT2D eigenvalue weighted by Gasteiger charge is -1.90. The summed E-state index contributed by atoms with van der Waals surface area (Å²) in [5.41, 5.74) is 0. The van der Waals surface area contributed by atoms with Crippen molar-refractivity contribution in [1.82, 2.24) is 0 Å². The van der Waals surface area contributed by atoms with Gasteiger partial charge in [-0.15, -0.1) is 0 Å². The van der Waals surface area contributed by atoms with Gasteiger partial charge in [0.2, 0.25) is 0 Å². The zero-order valence-corrected chi connectivity index (χ0v) is 6.65. The summed E-state index contributed by atoms with van der Waals surface area (Å²) in [5, 5.41) is 23.8. The zero-order valence-electron chi connectivity index (χ0n) is 6.65. The molecule has 0 fully saturated rings. The number of carboxylic acids is 1. The second-order valence-electron chi connectivity index (χ2n) is 1.86. The summed E-state index contributed by atoms with van der Waals surface area (Å²) in [6, 6.07) is 0. The molecule has 0 aliphatic carbocycles. The number of aliphatic carboxylic acids is 1. The van der Waals surface area contributed by atoms with E-state index in [1.165, 1.54) is 14.0 Å². The molecule has 1 unspecified atom stereocenters. The molecule has 11 heavy (non-hydrogen) atoms. The van der Waals surface area contributed by atoms with Crippen molar-refractivity contribution in [3.8, 4) is 0 Å². The molecule has 0 saturated carbocycles. The Morgan fingerprint density at radius 1 is 1.64 bits per heavy atom. The minimum atomic E-state index is -0.933. The number of ether oxygens (including phenoxy) is 1. The Bertz CT molecular complexity index is 91.0. The number of aliphatic hydroxyl groups is 2. The van der Waals surface area contributed by atoms with Gasteiger partial charge >= 0.3 is 5.97 Å². The molecule has 0 radical (unpaired) electrons. The van der Waals surface area contributed by atoms with Crippen LogP contribution in [-0.2, 0) is 9.53 Å². The van der Waals surface area contributed by atoms with Gasteiger partial charge in [-0.1, -0.05) is 0 Å². The molecular formula is C6H14O5. The molecule has 0 aromatic rings. The number of carbonyl (C=O) groups is 1. The van der Waals surface area contributed by atoms with Crippen LogP contribution in [0.2, 0.25) is 0 Å². The smallest absolute Gasteiger partial charge is 0.329 e. The fourth-order valence-electron chi connectivity index (χ4n) is 0.123. The van der Waals surface area contributed by atoms with Gasteiger partial charge in [-0.2, -0.15) is 0 Å². The summed E-state index contributed by atoms with van der Waals surface area (Å²) in [5.74, 6) is -0.933. The molecule has 3 N–H and O–H groups in total. The van der Waals surface area contributed by atoms with Gasteiger partial charge in [0.25, 0.3) is 0 Å². The molecule has 5 heteroatoms. The average molecular weight is 166 g/mol. The Labute approximate surface area is 65.2 Å². The Balaban J connectivity index is 0. The third kappa shape index (κ3) is 26.7. The zero-order chi connectivity index (χ0) is 9.28. The van der Waals surface area contributed by atoms with Crippen LogP contribution in [0.4, 0.5) is 0 Å². The van der Waals surface area contributed by atoms with E-state index in [-0.39, 0.29) is 13.2 Å². The maximum Gasteiger partial charge on any atom is 0.329 e. The average Bonchev–Trinajstić information content (AvgIpc) is 1.89. The van der Waals surface area contributed by atoms with Crippen molar-refractivity contribution < 1.29 is 24.9 Å². The second-order valence-corrected chi connectivity index (χ2v) is 1.86. The van der Waals surface area contributed by atoms with Crippen LogP contribution in [0.15, 0.2) is 0 Å². The predicted octanol–water partition coefficient (Wildman–Crippen LogP) is -0.923. The van der Waals surface area contributed by atoms with Gasteiger partial charge in [-0.3, -0.25) is 0 Å². The van der Waals surface area contributed by atoms with Crippen molar-refractivity contribution in [3.05, 3.63) is 0 Å². The molecule has 0 aliphatic rings. The number of carboxylic acid groups (broad SMARTS) is 1. The Morgan fingerprint density at radius 3 is 2.00 bits per heavy atom. The first kappa shape index (κ1) is 13.0. The maximum absolute atomic E-state index is 9.47. The van der Waals surface area contributed by atoms with Crippen molar-refractivity contribution in [2.75, 3.05) is 20.3 Å². The highest BCUT2D eigenvalue weighted by Crippen LogP contribution is 1.68. The van der Waals surface area contributed by atoms with Crippen LogP contribution in [0.3, 0.4) is 0 Å². The van der Waals surface area contributed by atoms with Gasteiger partial charge in [0.05, 0.1) is 12.7 Å². The first-order chi connectivity index (χ1) is 5.04. The van der Waals surface area contributed by atoms with Crippen molar-refractivity contribution in [2.24, 2.45) is 0 Å². The largest absolute Gasteiger partial charge is 0.480 e. The van der Waals surface area contributed by atoms with E-state index in [1.54, 1.807) is 0 Å². The van der Waals surface area contributed by atoms with E-state index < -0.39 is 12.1 Å². The van der Waals surface area contributed by atoms with E-state index in [1.807, 2.05) is 0 Å². The Morgan fingerprint density at radius 2 is 2.00 bits per heavy atom. The maximum atomic E-state index is 9.47. The SMILES string of the molecule is CC(O)CO.COCC(=O)O. The predicted molar refractivity (Wildman–Crippen MR) is 38.3 cm³/mol. The number of aliphatic hydroxyl groups excluding tert-OH is 2. The highest BCUT2D eigenvalue weighted by atomic mass is 16.5. The molecule has 0 rings (SSSR count). The van der Waals surface area contributed by atoms with Crippen molar-refractivity contribution in [1.29, 1.82) is 0 Å². The highest BCUT2D eigenvalue weighted by Gasteiger charge is 1.87. The molecule has 0 aromatic heterocycles. The van der Waals surface area contributed by atoms with Gasteiger partial charge in [0, 0.05) is 7.11 Å². The lowest BCUT2D eigenvalue weighted by atomic mass is 10.5. The number of methoxy groups -OCH3 is 1. The molecule has 1 atom stereocenters. The first-order valence-corrected chi connectivity index (χ1v) is 3.04. The van der Waals surface area contributed by atoms with Crippen LogP contribution in [0.1, 0.15) is 6.92 Å². The third-order valence-corrected chi connectivity index (χ3v) is 0.532. The van der Waals surface area contributed by atoms with E-state index in [9.17, 15) is 4.79 Å². The van der Waals surface area contributed by atoms with Crippen LogP contribution in [0, 0.1) is 0 Å². The molecule has 0 spiro atoms. The van der Waals surface area contributed by atoms with Crippen LogP contribution >= 0.6 is 0 Å². The van der Waals surface area contributed by atoms with Gasteiger partial charge in [-0.25, -0.2) is 4.79 Å². The molecule has 0 aliphatic heterocycles. The fourth-order valence-corrected chi connectivity index (χ4v) is 0.123. The summed E-state index contributed by atoms with van der Waals surface area (Å²) in [6.45, 7) is 1.18. The summed E-state index contributed by atoms with van der Waals surface area (Å²) < 4.78 is 4.20. The summed E-state index contributed by atoms with van der Waals surface area (Å²) in [6.07, 6.45) is -0.560. The number of hydrogen-bond acceptors (Lipinski definition) is 4. The van der Waals surface area contributed by atoms with Gasteiger partial charge in [0.15, 0.2) is 0 Å². The van der Waals surface area contributed by atoms with E-state index in [0.29, 0.717) is 0 Å². The van der Waals surface area contributed by atoms with E-state index in [2.05, 4.69) is 4.74 Å². The molecule has 0 heterocycles. The normalized spacial score (nSPS) is 11.3. The Kier molecular flexibility index (Phi) is 11.0. The molecule has 0 bridgehead atoms. The van der Waals surface area contributed by atoms with Gasteiger partial charge in [0.1, 0.15) is 6.61 Å². The topological polar surface area (TPSA) is 87.0 Å². The molecule has 0 amide bonds. The van der Waals surface area contributed by atoms with E-state index >= 15 is 0 Å². The molecule has 68 valence electrons. The quantitative estimate of drug-likeness (QED) is 0.504. The van der Waals surface area contributed by atoms with E-state index in [4.69, 9.17) is 15.3 Å². The van der Waals surface area contributed by atoms with Crippen molar-refractivity contribution in [2.45, 2.75) is 13.0 Å². The highest BCUT2D eigenvalue weighted by molar-refractivity contribution is 5.67. The van der Waals surface area contributed by atoms with Crippen LogP contribution < -0.4 is 0 Å². The van der Waals surface area contributed by atoms with Crippen LogP contribution in [0.25, 0.3) is 0 Å². The minimum absolute atomic E-state index is 0.139. The minimum Gasteiger partial charge on any atom is -0.480 e. The van der Waals surface area contributed by atoms with Crippen molar-refractivity contribution in [3.63, 3.8) is 0 Å². The van der Waals surface area contributed by atoms with E-state index in [0.717, 1.165) is 0 Å². The third-order valence-electron chi connectivity index (χ3n) is 0.532. The van der Waals surface area contributed by atoms with Crippen LogP contribution in [0.5, 0.6) is 0 Å². The Hall–Kier alpha value is -0.650. The molecule has 0 saturated heterocycles. The molecular weight excluding hydrogens is 152 g/mol. The first-order valence-electron chi connectivity index (χ1n) is 3.04. The summed E-state index contributed by atoms with van der Waals surface area (Å²) in [4.78, 5) is 9.47. The monoisotopic (exact) mass is 166 g/mol. The van der Waals surface area contributed by atoms with Crippen LogP contribution in [-0.4, -0.2) is 47.7 Å². The van der Waals surface area contributed by atoms with Gasteiger partial charge < -0.3 is 20.1 Å². The lowest BCUT2D eigenvalue weighted by Crippen LogP contribution is -2.03. The number of hydrogen-bond donors (Lipinski definition) is 3. The second kappa shape index (κ2) is 9.35. The molecule has 0 aromatic carbocycles.